The second-order valence-electron chi connectivity index (χ2n) is 8.97. The van der Waals surface area contributed by atoms with Crippen molar-refractivity contribution in [2.24, 2.45) is 0 Å². The first-order valence-corrected chi connectivity index (χ1v) is 13.1. The maximum absolute atomic E-state index is 13.1. The van der Waals surface area contributed by atoms with Crippen molar-refractivity contribution in [2.75, 3.05) is 43.4 Å². The second-order valence-corrected chi connectivity index (χ2v) is 10.3. The molecule has 13 heteroatoms. The van der Waals surface area contributed by atoms with E-state index in [-0.39, 0.29) is 16.5 Å². The SMILES string of the molecule is CNC(=O)c1cc(Nc2cc(C3CC3)[nH]n2)nc(N2CCN(Cc3ccc(S(=O)(=O)F)cc3)CC2)n1. The Bertz CT molecular complexity index is 1350. The number of nitrogens with one attached hydrogen (secondary N) is 3. The summed E-state index contributed by atoms with van der Waals surface area (Å²) in [4.78, 5) is 25.4. The zero-order valence-corrected chi connectivity index (χ0v) is 20.6. The highest BCUT2D eigenvalue weighted by Crippen LogP contribution is 2.39. The molecule has 1 amide bonds. The number of anilines is 3. The van der Waals surface area contributed by atoms with E-state index in [1.807, 2.05) is 11.0 Å². The van der Waals surface area contributed by atoms with Crippen molar-refractivity contribution in [1.82, 2.24) is 30.4 Å². The van der Waals surface area contributed by atoms with E-state index in [4.69, 9.17) is 0 Å². The number of hydrogen-bond acceptors (Lipinski definition) is 9. The standard InChI is InChI=1S/C23H27FN8O3S/c1-25-22(33)19-13-20(27-21-12-18(29-30-21)16-4-5-16)28-23(26-19)32-10-8-31(9-11-32)14-15-2-6-17(7-3-15)36(24,34)35/h2-3,6-7,12-13,16H,4-5,8-11,14H2,1H3,(H,25,33)(H2,26,27,28,29,30). The van der Waals surface area contributed by atoms with Gasteiger partial charge in [-0.25, -0.2) is 4.98 Å². The highest BCUT2D eigenvalue weighted by Gasteiger charge is 2.26. The number of amides is 1. The van der Waals surface area contributed by atoms with Crippen LogP contribution in [0.4, 0.5) is 21.5 Å². The van der Waals surface area contributed by atoms with Gasteiger partial charge in [-0.3, -0.25) is 14.8 Å². The third-order valence-electron chi connectivity index (χ3n) is 6.31. The molecule has 0 radical (unpaired) electrons. The van der Waals surface area contributed by atoms with Crippen LogP contribution in [0, 0.1) is 0 Å². The van der Waals surface area contributed by atoms with E-state index in [1.165, 1.54) is 12.1 Å². The fourth-order valence-corrected chi connectivity index (χ4v) is 4.60. The number of aromatic amines is 1. The third-order valence-corrected chi connectivity index (χ3v) is 7.15. The van der Waals surface area contributed by atoms with Crippen LogP contribution in [0.15, 0.2) is 41.3 Å². The van der Waals surface area contributed by atoms with E-state index in [1.54, 1.807) is 25.2 Å². The number of aromatic nitrogens is 4. The third kappa shape index (κ3) is 5.62. The molecule has 1 aliphatic heterocycles. The summed E-state index contributed by atoms with van der Waals surface area (Å²) in [5, 5.41) is 13.1. The summed E-state index contributed by atoms with van der Waals surface area (Å²) in [6, 6.07) is 9.37. The average molecular weight is 515 g/mol. The number of nitrogens with zero attached hydrogens (tertiary/aromatic N) is 5. The van der Waals surface area contributed by atoms with Crippen LogP contribution in [0.5, 0.6) is 0 Å². The monoisotopic (exact) mass is 514 g/mol. The fraction of sp³-hybridized carbons (Fsp3) is 0.391. The van der Waals surface area contributed by atoms with Crippen molar-refractivity contribution >= 4 is 33.7 Å². The van der Waals surface area contributed by atoms with Gasteiger partial charge in [-0.1, -0.05) is 12.1 Å². The Kier molecular flexibility index (Phi) is 6.58. The zero-order valence-electron chi connectivity index (χ0n) is 19.7. The van der Waals surface area contributed by atoms with Gasteiger partial charge in [0.15, 0.2) is 5.82 Å². The molecule has 2 aromatic heterocycles. The van der Waals surface area contributed by atoms with Crippen LogP contribution in [-0.4, -0.2) is 72.6 Å². The molecule has 2 fully saturated rings. The molecule has 0 spiro atoms. The molecule has 3 N–H and O–H groups in total. The molecule has 5 rings (SSSR count). The maximum atomic E-state index is 13.1. The molecule has 1 aliphatic carbocycles. The minimum absolute atomic E-state index is 0.258. The molecule has 0 bridgehead atoms. The molecule has 3 aromatic rings. The summed E-state index contributed by atoms with van der Waals surface area (Å²) in [6.07, 6.45) is 2.33. The first-order chi connectivity index (χ1) is 17.3. The van der Waals surface area contributed by atoms with Crippen molar-refractivity contribution in [3.8, 4) is 0 Å². The van der Waals surface area contributed by atoms with Crippen LogP contribution in [0.3, 0.4) is 0 Å². The lowest BCUT2D eigenvalue weighted by Crippen LogP contribution is -2.46. The van der Waals surface area contributed by atoms with Crippen LogP contribution in [0.1, 0.15) is 40.5 Å². The molecule has 0 unspecified atom stereocenters. The van der Waals surface area contributed by atoms with Gasteiger partial charge in [0.05, 0.1) is 4.90 Å². The number of hydrogen-bond donors (Lipinski definition) is 3. The average Bonchev–Trinajstić information content (AvgIpc) is 3.62. The van der Waals surface area contributed by atoms with E-state index in [9.17, 15) is 17.1 Å². The van der Waals surface area contributed by atoms with E-state index < -0.39 is 10.2 Å². The molecule has 1 saturated carbocycles. The van der Waals surface area contributed by atoms with Crippen LogP contribution >= 0.6 is 0 Å². The lowest BCUT2D eigenvalue weighted by Gasteiger charge is -2.35. The number of carbonyl (C=O) groups excluding carboxylic acids is 1. The largest absolute Gasteiger partial charge is 0.354 e. The summed E-state index contributed by atoms with van der Waals surface area (Å²) in [5.74, 6) is 1.81. The van der Waals surface area contributed by atoms with Gasteiger partial charge in [0.25, 0.3) is 5.91 Å². The number of benzene rings is 1. The predicted molar refractivity (Wildman–Crippen MR) is 131 cm³/mol. The zero-order chi connectivity index (χ0) is 25.3. The summed E-state index contributed by atoms with van der Waals surface area (Å²) < 4.78 is 35.1. The van der Waals surface area contributed by atoms with E-state index in [0.717, 1.165) is 24.1 Å². The minimum atomic E-state index is -4.70. The lowest BCUT2D eigenvalue weighted by molar-refractivity contribution is 0.0958. The molecule has 2 aliphatic rings. The summed E-state index contributed by atoms with van der Waals surface area (Å²) in [6.45, 7) is 3.31. The van der Waals surface area contributed by atoms with Crippen molar-refractivity contribution in [3.63, 3.8) is 0 Å². The number of halogens is 1. The highest BCUT2D eigenvalue weighted by atomic mass is 32.3. The van der Waals surface area contributed by atoms with Gasteiger partial charge in [0.2, 0.25) is 5.95 Å². The Morgan fingerprint density at radius 1 is 1.08 bits per heavy atom. The lowest BCUT2D eigenvalue weighted by atomic mass is 10.2. The van der Waals surface area contributed by atoms with Gasteiger partial charge in [-0.15, -0.1) is 3.89 Å². The van der Waals surface area contributed by atoms with Crippen LogP contribution in [-0.2, 0) is 16.8 Å². The molecule has 190 valence electrons. The van der Waals surface area contributed by atoms with Crippen molar-refractivity contribution in [1.29, 1.82) is 0 Å². The van der Waals surface area contributed by atoms with Gasteiger partial charge in [0, 0.05) is 63.5 Å². The van der Waals surface area contributed by atoms with Gasteiger partial charge < -0.3 is 15.5 Å². The summed E-state index contributed by atoms with van der Waals surface area (Å²) in [7, 11) is -3.14. The Balaban J connectivity index is 1.26. The minimum Gasteiger partial charge on any atom is -0.354 e. The summed E-state index contributed by atoms with van der Waals surface area (Å²) in [5.41, 5.74) is 2.24. The molecular formula is C23H27FN8O3S. The van der Waals surface area contributed by atoms with Crippen molar-refractivity contribution in [2.45, 2.75) is 30.2 Å². The van der Waals surface area contributed by atoms with Crippen LogP contribution in [0.2, 0.25) is 0 Å². The Morgan fingerprint density at radius 2 is 1.81 bits per heavy atom. The Morgan fingerprint density at radius 3 is 2.44 bits per heavy atom. The normalized spacial score (nSPS) is 16.7. The Hall–Kier alpha value is -3.58. The fourth-order valence-electron chi connectivity index (χ4n) is 4.14. The number of H-pyrrole nitrogens is 1. The van der Waals surface area contributed by atoms with Crippen LogP contribution < -0.4 is 15.5 Å². The topological polar surface area (TPSA) is 136 Å². The molecule has 36 heavy (non-hydrogen) atoms. The number of carbonyl (C=O) groups is 1. The quantitative estimate of drug-likeness (QED) is 0.386. The van der Waals surface area contributed by atoms with Gasteiger partial charge in [-0.05, 0) is 30.5 Å². The highest BCUT2D eigenvalue weighted by molar-refractivity contribution is 7.86. The molecule has 3 heterocycles. The Labute approximate surface area is 208 Å². The van der Waals surface area contributed by atoms with Gasteiger partial charge in [-0.2, -0.15) is 18.5 Å². The van der Waals surface area contributed by atoms with Crippen molar-refractivity contribution in [3.05, 3.63) is 53.3 Å². The predicted octanol–water partition coefficient (Wildman–Crippen LogP) is 2.16. The number of rotatable bonds is 8. The van der Waals surface area contributed by atoms with Gasteiger partial charge >= 0.3 is 10.2 Å². The molecule has 1 saturated heterocycles. The molecular weight excluding hydrogens is 487 g/mol. The smallest absolute Gasteiger partial charge is 0.332 e. The first-order valence-electron chi connectivity index (χ1n) is 11.7. The van der Waals surface area contributed by atoms with Gasteiger partial charge in [0.1, 0.15) is 11.5 Å². The first kappa shape index (κ1) is 24.1. The summed E-state index contributed by atoms with van der Waals surface area (Å²) >= 11 is 0. The van der Waals surface area contributed by atoms with E-state index >= 15 is 0 Å². The molecule has 11 nitrogen and oxygen atoms in total. The number of piperazine rings is 1. The van der Waals surface area contributed by atoms with E-state index in [2.05, 4.69) is 35.7 Å². The van der Waals surface area contributed by atoms with Crippen molar-refractivity contribution < 1.29 is 17.1 Å². The van der Waals surface area contributed by atoms with E-state index in [0.29, 0.717) is 56.2 Å². The maximum Gasteiger partial charge on any atom is 0.332 e. The van der Waals surface area contributed by atoms with Crippen LogP contribution in [0.25, 0.3) is 0 Å². The second kappa shape index (κ2) is 9.82. The molecule has 1 aromatic carbocycles. The molecule has 0 atom stereocenters.